The van der Waals surface area contributed by atoms with Gasteiger partial charge in [-0.1, -0.05) is 13.0 Å². The summed E-state index contributed by atoms with van der Waals surface area (Å²) in [5.41, 5.74) is 6.30. The van der Waals surface area contributed by atoms with Crippen molar-refractivity contribution in [3.05, 3.63) is 22.4 Å². The van der Waals surface area contributed by atoms with Gasteiger partial charge in [0.1, 0.15) is 0 Å². The highest BCUT2D eigenvalue weighted by atomic mass is 32.1. The summed E-state index contributed by atoms with van der Waals surface area (Å²) in [6.07, 6.45) is 5.33. The van der Waals surface area contributed by atoms with Crippen molar-refractivity contribution in [3.8, 4) is 0 Å². The first-order valence-electron chi connectivity index (χ1n) is 7.31. The lowest BCUT2D eigenvalue weighted by Crippen LogP contribution is -2.50. The Kier molecular flexibility index (Phi) is 3.73. The SMILES string of the molecule is CCC(C1CC1)N1CC(N)CC(c2cccs2)C1. The summed E-state index contributed by atoms with van der Waals surface area (Å²) in [6, 6.07) is 5.60. The minimum absolute atomic E-state index is 0.360. The van der Waals surface area contributed by atoms with Crippen LogP contribution in [0.15, 0.2) is 17.5 Å². The van der Waals surface area contributed by atoms with Gasteiger partial charge in [-0.05, 0) is 43.0 Å². The molecule has 3 unspecified atom stereocenters. The molecular weight excluding hydrogens is 240 g/mol. The van der Waals surface area contributed by atoms with E-state index in [-0.39, 0.29) is 0 Å². The molecule has 3 rings (SSSR count). The molecule has 18 heavy (non-hydrogen) atoms. The van der Waals surface area contributed by atoms with Crippen molar-refractivity contribution in [1.82, 2.24) is 4.90 Å². The Hall–Kier alpha value is -0.380. The summed E-state index contributed by atoms with van der Waals surface area (Å²) in [6.45, 7) is 4.67. The van der Waals surface area contributed by atoms with Crippen LogP contribution in [0.25, 0.3) is 0 Å². The van der Waals surface area contributed by atoms with Crippen LogP contribution in [0.5, 0.6) is 0 Å². The maximum Gasteiger partial charge on any atom is 0.0174 e. The van der Waals surface area contributed by atoms with Gasteiger partial charge in [-0.3, -0.25) is 4.90 Å². The first-order chi connectivity index (χ1) is 8.78. The lowest BCUT2D eigenvalue weighted by molar-refractivity contribution is 0.117. The van der Waals surface area contributed by atoms with Crippen LogP contribution in [-0.2, 0) is 0 Å². The van der Waals surface area contributed by atoms with E-state index in [0.29, 0.717) is 12.0 Å². The summed E-state index contributed by atoms with van der Waals surface area (Å²) >= 11 is 1.89. The molecule has 100 valence electrons. The van der Waals surface area contributed by atoms with Crippen LogP contribution in [-0.4, -0.2) is 30.1 Å². The second kappa shape index (κ2) is 5.32. The zero-order chi connectivity index (χ0) is 12.5. The van der Waals surface area contributed by atoms with Crippen molar-refractivity contribution in [3.63, 3.8) is 0 Å². The molecule has 0 aromatic carbocycles. The molecule has 2 fully saturated rings. The van der Waals surface area contributed by atoms with Gasteiger partial charge in [-0.15, -0.1) is 11.3 Å². The van der Waals surface area contributed by atoms with Gasteiger partial charge in [0.15, 0.2) is 0 Å². The monoisotopic (exact) mass is 264 g/mol. The predicted octanol–water partition coefficient (Wildman–Crippen LogP) is 3.05. The fourth-order valence-corrected chi connectivity index (χ4v) is 4.38. The lowest BCUT2D eigenvalue weighted by atomic mass is 9.91. The van der Waals surface area contributed by atoms with Gasteiger partial charge >= 0.3 is 0 Å². The molecule has 1 saturated heterocycles. The molecule has 1 saturated carbocycles. The van der Waals surface area contributed by atoms with Crippen LogP contribution in [0, 0.1) is 5.92 Å². The minimum atomic E-state index is 0.360. The number of rotatable bonds is 4. The van der Waals surface area contributed by atoms with Gasteiger partial charge in [0.2, 0.25) is 0 Å². The molecule has 1 aliphatic heterocycles. The topological polar surface area (TPSA) is 29.3 Å². The van der Waals surface area contributed by atoms with Gasteiger partial charge < -0.3 is 5.73 Å². The maximum atomic E-state index is 6.30. The summed E-state index contributed by atoms with van der Waals surface area (Å²) in [5.74, 6) is 1.63. The van der Waals surface area contributed by atoms with Gasteiger partial charge in [0.25, 0.3) is 0 Å². The quantitative estimate of drug-likeness (QED) is 0.905. The zero-order valence-corrected chi connectivity index (χ0v) is 12.0. The highest BCUT2D eigenvalue weighted by molar-refractivity contribution is 7.10. The number of nitrogens with zero attached hydrogens (tertiary/aromatic N) is 1. The molecule has 3 heteroatoms. The van der Waals surface area contributed by atoms with Crippen molar-refractivity contribution in [2.75, 3.05) is 13.1 Å². The van der Waals surface area contributed by atoms with Crippen LogP contribution < -0.4 is 5.73 Å². The van der Waals surface area contributed by atoms with E-state index in [1.54, 1.807) is 0 Å². The largest absolute Gasteiger partial charge is 0.327 e. The van der Waals surface area contributed by atoms with E-state index in [2.05, 4.69) is 29.3 Å². The van der Waals surface area contributed by atoms with Crippen molar-refractivity contribution in [2.45, 2.75) is 50.6 Å². The number of piperidine rings is 1. The minimum Gasteiger partial charge on any atom is -0.327 e. The Morgan fingerprint density at radius 2 is 2.28 bits per heavy atom. The van der Waals surface area contributed by atoms with Crippen molar-refractivity contribution in [2.24, 2.45) is 11.7 Å². The number of likely N-dealkylation sites (tertiary alicyclic amines) is 1. The van der Waals surface area contributed by atoms with Crippen LogP contribution in [0.4, 0.5) is 0 Å². The fourth-order valence-electron chi connectivity index (χ4n) is 3.54. The molecule has 3 atom stereocenters. The van der Waals surface area contributed by atoms with Crippen molar-refractivity contribution in [1.29, 1.82) is 0 Å². The van der Waals surface area contributed by atoms with Crippen LogP contribution >= 0.6 is 11.3 Å². The standard InChI is InChI=1S/C15H24N2S/c1-2-14(11-5-6-11)17-9-12(8-13(16)10-17)15-4-3-7-18-15/h3-4,7,11-14H,2,5-6,8-10,16H2,1H3. The first kappa shape index (κ1) is 12.6. The van der Waals surface area contributed by atoms with Gasteiger partial charge in [-0.2, -0.15) is 0 Å². The molecule has 0 bridgehead atoms. The molecule has 1 aromatic rings. The summed E-state index contributed by atoms with van der Waals surface area (Å²) in [5, 5.41) is 2.19. The number of hydrogen-bond donors (Lipinski definition) is 1. The Bertz CT molecular complexity index is 372. The number of nitrogens with two attached hydrogens (primary N) is 1. The van der Waals surface area contributed by atoms with Crippen LogP contribution in [0.2, 0.25) is 0 Å². The normalized spacial score (nSPS) is 31.4. The highest BCUT2D eigenvalue weighted by Gasteiger charge is 2.37. The molecule has 2 heterocycles. The molecular formula is C15H24N2S. The predicted molar refractivity (Wildman–Crippen MR) is 78.0 cm³/mol. The van der Waals surface area contributed by atoms with E-state index in [9.17, 15) is 0 Å². The Morgan fingerprint density at radius 1 is 1.44 bits per heavy atom. The summed E-state index contributed by atoms with van der Waals surface area (Å²) in [7, 11) is 0. The van der Waals surface area contributed by atoms with Gasteiger partial charge in [-0.25, -0.2) is 0 Å². The average Bonchev–Trinajstić information content (AvgIpc) is 3.04. The summed E-state index contributed by atoms with van der Waals surface area (Å²) < 4.78 is 0. The Morgan fingerprint density at radius 3 is 2.89 bits per heavy atom. The van der Waals surface area contributed by atoms with E-state index < -0.39 is 0 Å². The third-order valence-electron chi connectivity index (χ3n) is 4.51. The molecule has 2 N–H and O–H groups in total. The molecule has 0 amide bonds. The zero-order valence-electron chi connectivity index (χ0n) is 11.2. The van der Waals surface area contributed by atoms with Crippen molar-refractivity contribution < 1.29 is 0 Å². The second-order valence-electron chi connectivity index (χ2n) is 5.98. The summed E-state index contributed by atoms with van der Waals surface area (Å²) in [4.78, 5) is 4.22. The van der Waals surface area contributed by atoms with Crippen LogP contribution in [0.3, 0.4) is 0 Å². The van der Waals surface area contributed by atoms with Crippen LogP contribution in [0.1, 0.15) is 43.4 Å². The smallest absolute Gasteiger partial charge is 0.0174 e. The van der Waals surface area contributed by atoms with Crippen molar-refractivity contribution >= 4 is 11.3 Å². The third-order valence-corrected chi connectivity index (χ3v) is 5.54. The highest BCUT2D eigenvalue weighted by Crippen LogP contribution is 2.39. The van der Waals surface area contributed by atoms with E-state index in [4.69, 9.17) is 5.73 Å². The molecule has 1 aliphatic carbocycles. The second-order valence-corrected chi connectivity index (χ2v) is 6.95. The fraction of sp³-hybridized carbons (Fsp3) is 0.733. The van der Waals surface area contributed by atoms with E-state index in [0.717, 1.165) is 24.9 Å². The van der Waals surface area contributed by atoms with E-state index >= 15 is 0 Å². The average molecular weight is 264 g/mol. The molecule has 1 aromatic heterocycles. The van der Waals surface area contributed by atoms with Gasteiger partial charge in [0, 0.05) is 36.0 Å². The number of hydrogen-bond acceptors (Lipinski definition) is 3. The molecule has 0 spiro atoms. The lowest BCUT2D eigenvalue weighted by Gasteiger charge is -2.40. The third kappa shape index (κ3) is 2.63. The van der Waals surface area contributed by atoms with E-state index in [1.807, 2.05) is 11.3 Å². The molecule has 2 nitrogen and oxygen atoms in total. The number of thiophene rings is 1. The molecule has 0 radical (unpaired) electrons. The van der Waals surface area contributed by atoms with E-state index in [1.165, 1.54) is 30.7 Å². The maximum absolute atomic E-state index is 6.30. The molecule has 2 aliphatic rings. The Balaban J connectivity index is 1.71. The Labute approximate surface area is 114 Å². The van der Waals surface area contributed by atoms with Gasteiger partial charge in [0.05, 0.1) is 0 Å². The first-order valence-corrected chi connectivity index (χ1v) is 8.19.